The van der Waals surface area contributed by atoms with Gasteiger partial charge in [0.1, 0.15) is 5.78 Å². The Morgan fingerprint density at radius 1 is 0.812 bits per heavy atom. The SMILES string of the molecule is O=C1CCN(S(=O)(=O)N2CCCCC2)CC1. The fraction of sp³-hybridized carbons (Fsp3) is 0.900. The predicted molar refractivity (Wildman–Crippen MR) is 60.2 cm³/mol. The molecular formula is C10H18N2O3S. The van der Waals surface area contributed by atoms with E-state index in [0.29, 0.717) is 39.0 Å². The number of ketones is 1. The Labute approximate surface area is 96.6 Å². The van der Waals surface area contributed by atoms with Gasteiger partial charge in [-0.1, -0.05) is 6.42 Å². The number of piperidine rings is 2. The maximum absolute atomic E-state index is 12.2. The van der Waals surface area contributed by atoms with Gasteiger partial charge in [0, 0.05) is 39.0 Å². The number of hydrogen-bond donors (Lipinski definition) is 0. The summed E-state index contributed by atoms with van der Waals surface area (Å²) in [6, 6.07) is 0. The van der Waals surface area contributed by atoms with Gasteiger partial charge >= 0.3 is 0 Å². The summed E-state index contributed by atoms with van der Waals surface area (Å²) in [5.41, 5.74) is 0. The van der Waals surface area contributed by atoms with E-state index in [2.05, 4.69) is 0 Å². The van der Waals surface area contributed by atoms with Crippen molar-refractivity contribution in [3.63, 3.8) is 0 Å². The molecule has 16 heavy (non-hydrogen) atoms. The number of rotatable bonds is 2. The zero-order valence-electron chi connectivity index (χ0n) is 9.39. The fourth-order valence-corrected chi connectivity index (χ4v) is 3.92. The Hall–Kier alpha value is -0.460. The Morgan fingerprint density at radius 3 is 1.88 bits per heavy atom. The maximum Gasteiger partial charge on any atom is 0.281 e. The van der Waals surface area contributed by atoms with Gasteiger partial charge in [-0.25, -0.2) is 0 Å². The van der Waals surface area contributed by atoms with Crippen LogP contribution in [0.25, 0.3) is 0 Å². The van der Waals surface area contributed by atoms with Crippen LogP contribution in [-0.4, -0.2) is 49.0 Å². The smallest absolute Gasteiger partial charge is 0.281 e. The Kier molecular flexibility index (Phi) is 3.61. The first kappa shape index (κ1) is 12.0. The van der Waals surface area contributed by atoms with Gasteiger partial charge in [0.25, 0.3) is 10.2 Å². The highest BCUT2D eigenvalue weighted by molar-refractivity contribution is 7.86. The molecule has 2 aliphatic heterocycles. The van der Waals surface area contributed by atoms with Crippen LogP contribution < -0.4 is 0 Å². The van der Waals surface area contributed by atoms with Crippen molar-refractivity contribution in [3.8, 4) is 0 Å². The van der Waals surface area contributed by atoms with Gasteiger partial charge in [0.2, 0.25) is 0 Å². The molecule has 2 saturated heterocycles. The van der Waals surface area contributed by atoms with E-state index in [4.69, 9.17) is 0 Å². The highest BCUT2D eigenvalue weighted by atomic mass is 32.2. The summed E-state index contributed by atoms with van der Waals surface area (Å²) in [7, 11) is -3.29. The minimum Gasteiger partial charge on any atom is -0.300 e. The monoisotopic (exact) mass is 246 g/mol. The van der Waals surface area contributed by atoms with Crippen molar-refractivity contribution in [1.29, 1.82) is 0 Å². The molecule has 0 bridgehead atoms. The molecule has 5 nitrogen and oxygen atoms in total. The average molecular weight is 246 g/mol. The summed E-state index contributed by atoms with van der Waals surface area (Å²) in [6.45, 7) is 1.98. The second-order valence-electron chi connectivity index (χ2n) is 4.41. The Balaban J connectivity index is 2.03. The highest BCUT2D eigenvalue weighted by Crippen LogP contribution is 2.19. The number of Topliss-reactive ketones (excluding diaryl/α,β-unsaturated/α-hetero) is 1. The molecule has 0 spiro atoms. The zero-order chi connectivity index (χ0) is 11.6. The van der Waals surface area contributed by atoms with E-state index in [-0.39, 0.29) is 5.78 Å². The molecule has 0 aromatic heterocycles. The van der Waals surface area contributed by atoms with Crippen molar-refractivity contribution in [2.75, 3.05) is 26.2 Å². The van der Waals surface area contributed by atoms with Crippen LogP contribution in [0.3, 0.4) is 0 Å². The summed E-state index contributed by atoms with van der Waals surface area (Å²) in [4.78, 5) is 11.1. The average Bonchev–Trinajstić information content (AvgIpc) is 2.31. The first-order valence-corrected chi connectivity index (χ1v) is 7.27. The summed E-state index contributed by atoms with van der Waals surface area (Å²) < 4.78 is 27.4. The van der Waals surface area contributed by atoms with Gasteiger partial charge in [-0.2, -0.15) is 17.0 Å². The summed E-state index contributed by atoms with van der Waals surface area (Å²) in [5, 5.41) is 0. The van der Waals surface area contributed by atoms with E-state index in [9.17, 15) is 13.2 Å². The third-order valence-corrected chi connectivity index (χ3v) is 5.28. The standard InChI is InChI=1S/C10H18N2O3S/c13-10-4-8-12(9-5-10)16(14,15)11-6-2-1-3-7-11/h1-9H2. The Bertz CT molecular complexity index is 350. The number of hydrogen-bond acceptors (Lipinski definition) is 3. The van der Waals surface area contributed by atoms with E-state index in [0.717, 1.165) is 19.3 Å². The molecule has 0 amide bonds. The molecule has 2 rings (SSSR count). The Morgan fingerprint density at radius 2 is 1.31 bits per heavy atom. The molecule has 0 aromatic carbocycles. The van der Waals surface area contributed by atoms with Gasteiger partial charge in [-0.05, 0) is 12.8 Å². The first-order valence-electron chi connectivity index (χ1n) is 5.87. The lowest BCUT2D eigenvalue weighted by Crippen LogP contribution is -2.48. The van der Waals surface area contributed by atoms with Crippen LogP contribution >= 0.6 is 0 Å². The van der Waals surface area contributed by atoms with Crippen molar-refractivity contribution in [2.24, 2.45) is 0 Å². The second kappa shape index (κ2) is 4.81. The molecule has 2 heterocycles. The fourth-order valence-electron chi connectivity index (χ4n) is 2.23. The molecule has 2 fully saturated rings. The van der Waals surface area contributed by atoms with Gasteiger partial charge in [0.15, 0.2) is 0 Å². The number of carbonyl (C=O) groups excluding carboxylic acids is 1. The van der Waals surface area contributed by atoms with Crippen molar-refractivity contribution in [1.82, 2.24) is 8.61 Å². The summed E-state index contributed by atoms with van der Waals surface area (Å²) in [5.74, 6) is 0.171. The molecule has 0 saturated carbocycles. The van der Waals surface area contributed by atoms with Crippen LogP contribution in [0.15, 0.2) is 0 Å². The van der Waals surface area contributed by atoms with Crippen molar-refractivity contribution < 1.29 is 13.2 Å². The van der Waals surface area contributed by atoms with Crippen molar-refractivity contribution in [3.05, 3.63) is 0 Å². The summed E-state index contributed by atoms with van der Waals surface area (Å²) in [6.07, 6.45) is 3.75. The predicted octanol–water partition coefficient (Wildman–Crippen LogP) is 0.382. The minimum absolute atomic E-state index is 0.171. The van der Waals surface area contributed by atoms with E-state index < -0.39 is 10.2 Å². The topological polar surface area (TPSA) is 57.7 Å². The molecule has 0 aromatic rings. The molecule has 6 heteroatoms. The van der Waals surface area contributed by atoms with Crippen LogP contribution in [0.2, 0.25) is 0 Å². The van der Waals surface area contributed by atoms with Crippen LogP contribution in [0.5, 0.6) is 0 Å². The molecule has 2 aliphatic rings. The van der Waals surface area contributed by atoms with Gasteiger partial charge in [-0.15, -0.1) is 0 Å². The van der Waals surface area contributed by atoms with Crippen molar-refractivity contribution >= 4 is 16.0 Å². The lowest BCUT2D eigenvalue weighted by molar-refractivity contribution is -0.120. The molecular weight excluding hydrogens is 228 g/mol. The zero-order valence-corrected chi connectivity index (χ0v) is 10.2. The summed E-state index contributed by atoms with van der Waals surface area (Å²) >= 11 is 0. The molecule has 0 aliphatic carbocycles. The molecule has 0 unspecified atom stereocenters. The van der Waals surface area contributed by atoms with Crippen LogP contribution in [-0.2, 0) is 15.0 Å². The van der Waals surface area contributed by atoms with E-state index >= 15 is 0 Å². The lowest BCUT2D eigenvalue weighted by atomic mass is 10.1. The van der Waals surface area contributed by atoms with Crippen LogP contribution in [0, 0.1) is 0 Å². The van der Waals surface area contributed by atoms with Crippen LogP contribution in [0.4, 0.5) is 0 Å². The molecule has 92 valence electrons. The number of nitrogens with zero attached hydrogens (tertiary/aromatic N) is 2. The molecule has 0 N–H and O–H groups in total. The largest absolute Gasteiger partial charge is 0.300 e. The third kappa shape index (κ3) is 2.44. The highest BCUT2D eigenvalue weighted by Gasteiger charge is 2.32. The van der Waals surface area contributed by atoms with Gasteiger partial charge in [0.05, 0.1) is 0 Å². The second-order valence-corrected chi connectivity index (χ2v) is 6.33. The third-order valence-electron chi connectivity index (χ3n) is 3.25. The molecule has 0 radical (unpaired) electrons. The van der Waals surface area contributed by atoms with Crippen molar-refractivity contribution in [2.45, 2.75) is 32.1 Å². The van der Waals surface area contributed by atoms with E-state index in [1.807, 2.05) is 0 Å². The number of carbonyl (C=O) groups is 1. The maximum atomic E-state index is 12.2. The quantitative estimate of drug-likeness (QED) is 0.708. The van der Waals surface area contributed by atoms with E-state index in [1.54, 1.807) is 4.31 Å². The lowest BCUT2D eigenvalue weighted by Gasteiger charge is -2.33. The molecule has 0 atom stereocenters. The van der Waals surface area contributed by atoms with Gasteiger partial charge < -0.3 is 0 Å². The first-order chi connectivity index (χ1) is 7.60. The van der Waals surface area contributed by atoms with Crippen LogP contribution in [0.1, 0.15) is 32.1 Å². The minimum atomic E-state index is -3.29. The normalized spacial score (nSPS) is 25.9. The van der Waals surface area contributed by atoms with E-state index in [1.165, 1.54) is 4.31 Å². The van der Waals surface area contributed by atoms with Gasteiger partial charge in [-0.3, -0.25) is 4.79 Å².